The Labute approximate surface area is 95.7 Å². The molecule has 1 aromatic carbocycles. The molecule has 0 spiro atoms. The van der Waals surface area contributed by atoms with Crippen LogP contribution in [0.1, 0.15) is 0 Å². The van der Waals surface area contributed by atoms with Gasteiger partial charge in [-0.2, -0.15) is 0 Å². The van der Waals surface area contributed by atoms with Crippen molar-refractivity contribution >= 4 is 50.8 Å². The second kappa shape index (κ2) is 4.27. The number of pyridine rings is 1. The molecule has 13 heavy (non-hydrogen) atoms. The van der Waals surface area contributed by atoms with Crippen LogP contribution < -0.4 is 0 Å². The van der Waals surface area contributed by atoms with Gasteiger partial charge in [0.05, 0.1) is 10.5 Å². The van der Waals surface area contributed by atoms with E-state index in [1.807, 2.05) is 18.2 Å². The summed E-state index contributed by atoms with van der Waals surface area (Å²) in [6.45, 7) is 0. The van der Waals surface area contributed by atoms with Crippen LogP contribution in [0.15, 0.2) is 34.9 Å². The largest absolute Gasteiger partial charge is 0.256 e. The summed E-state index contributed by atoms with van der Waals surface area (Å²) in [5, 5.41) is 1.72. The Hall–Kier alpha value is -0.310. The number of halogens is 3. The molecule has 1 aromatic heterocycles. The van der Waals surface area contributed by atoms with Crippen molar-refractivity contribution in [2.75, 3.05) is 0 Å². The minimum absolute atomic E-state index is 0. The second-order valence-electron chi connectivity index (χ2n) is 2.45. The highest BCUT2D eigenvalue weighted by Gasteiger charge is 1.98. The fourth-order valence-electron chi connectivity index (χ4n) is 1.08. The number of hydrogen-bond acceptors (Lipinski definition) is 1. The normalized spacial score (nSPS) is 9.69. The molecule has 1 nitrogen and oxygen atoms in total. The molecule has 0 aliphatic rings. The molecule has 0 aliphatic heterocycles. The van der Waals surface area contributed by atoms with Gasteiger partial charge in [-0.1, -0.05) is 27.5 Å². The summed E-state index contributed by atoms with van der Waals surface area (Å²) in [6, 6.07) is 7.64. The summed E-state index contributed by atoms with van der Waals surface area (Å²) in [4.78, 5) is 4.18. The molecule has 0 bridgehead atoms. The number of fused-ring (bicyclic) bond motifs is 1. The maximum Gasteiger partial charge on any atom is 0.0717 e. The summed E-state index contributed by atoms with van der Waals surface area (Å²) < 4.78 is 1.02. The molecule has 68 valence electrons. The fraction of sp³-hybridized carbons (Fsp3) is 0. The molecule has 0 saturated carbocycles. The molecule has 4 heteroatoms. The van der Waals surface area contributed by atoms with E-state index in [9.17, 15) is 0 Å². The molecule has 0 radical (unpaired) electrons. The van der Waals surface area contributed by atoms with Crippen molar-refractivity contribution in [1.82, 2.24) is 4.98 Å². The van der Waals surface area contributed by atoms with Gasteiger partial charge in [0, 0.05) is 16.1 Å². The van der Waals surface area contributed by atoms with Gasteiger partial charge < -0.3 is 0 Å². The molecule has 0 atom stereocenters. The maximum absolute atomic E-state index is 5.97. The predicted octanol–water partition coefficient (Wildman–Crippen LogP) is 4.07. The van der Waals surface area contributed by atoms with Crippen molar-refractivity contribution in [3.05, 3.63) is 40.0 Å². The van der Waals surface area contributed by atoms with Crippen LogP contribution >= 0.6 is 39.9 Å². The highest BCUT2D eigenvalue weighted by molar-refractivity contribution is 9.10. The van der Waals surface area contributed by atoms with E-state index in [1.54, 1.807) is 12.3 Å². The molecule has 0 saturated heterocycles. The lowest BCUT2D eigenvalue weighted by atomic mass is 10.2. The molecule has 0 fully saturated rings. The molecule has 0 N–H and O–H groups in total. The minimum Gasteiger partial charge on any atom is -0.256 e. The van der Waals surface area contributed by atoms with E-state index in [4.69, 9.17) is 11.6 Å². The van der Waals surface area contributed by atoms with Crippen molar-refractivity contribution in [1.29, 1.82) is 0 Å². The lowest BCUT2D eigenvalue weighted by molar-refractivity contribution is 1.41. The molecule has 0 aliphatic carbocycles. The minimum atomic E-state index is 0. The lowest BCUT2D eigenvalue weighted by Gasteiger charge is -1.98. The van der Waals surface area contributed by atoms with Crippen molar-refractivity contribution in [3.63, 3.8) is 0 Å². The maximum atomic E-state index is 5.97. The molecular weight excluding hydrogens is 273 g/mol. The van der Waals surface area contributed by atoms with Gasteiger partial charge in [0.2, 0.25) is 0 Å². The summed E-state index contributed by atoms with van der Waals surface area (Å²) >= 11 is 9.35. The highest BCUT2D eigenvalue weighted by atomic mass is 79.9. The van der Waals surface area contributed by atoms with E-state index < -0.39 is 0 Å². The van der Waals surface area contributed by atoms with Crippen molar-refractivity contribution in [2.45, 2.75) is 0 Å². The van der Waals surface area contributed by atoms with E-state index in [2.05, 4.69) is 20.9 Å². The third kappa shape index (κ3) is 2.13. The van der Waals surface area contributed by atoms with Crippen LogP contribution in [0, 0.1) is 0 Å². The molecular formula is C9H6BrCl2N. The van der Waals surface area contributed by atoms with E-state index in [-0.39, 0.29) is 12.4 Å². The van der Waals surface area contributed by atoms with Gasteiger partial charge in [-0.25, -0.2) is 0 Å². The Morgan fingerprint density at radius 2 is 2.00 bits per heavy atom. The van der Waals surface area contributed by atoms with Crippen LogP contribution in [0.3, 0.4) is 0 Å². The molecule has 0 amide bonds. The molecule has 1 heterocycles. The van der Waals surface area contributed by atoms with Crippen molar-refractivity contribution in [3.8, 4) is 0 Å². The van der Waals surface area contributed by atoms with E-state index in [0.29, 0.717) is 0 Å². The van der Waals surface area contributed by atoms with E-state index in [0.717, 1.165) is 20.4 Å². The number of rotatable bonds is 0. The standard InChI is InChI=1S/C9H5BrClN.ClH/c10-6-1-2-9-7(5-6)8(11)3-4-12-9;/h1-5H;1H. The summed E-state index contributed by atoms with van der Waals surface area (Å²) in [5.74, 6) is 0. The summed E-state index contributed by atoms with van der Waals surface area (Å²) in [7, 11) is 0. The Morgan fingerprint density at radius 3 is 2.77 bits per heavy atom. The van der Waals surface area contributed by atoms with Crippen LogP contribution in [-0.2, 0) is 0 Å². The Morgan fingerprint density at radius 1 is 1.23 bits per heavy atom. The van der Waals surface area contributed by atoms with Gasteiger partial charge in [0.15, 0.2) is 0 Å². The van der Waals surface area contributed by atoms with Crippen LogP contribution in [0.25, 0.3) is 10.9 Å². The molecule has 2 rings (SSSR count). The van der Waals surface area contributed by atoms with Crippen LogP contribution in [0.5, 0.6) is 0 Å². The van der Waals surface area contributed by atoms with Gasteiger partial charge >= 0.3 is 0 Å². The van der Waals surface area contributed by atoms with Crippen molar-refractivity contribution in [2.24, 2.45) is 0 Å². The van der Waals surface area contributed by atoms with Gasteiger partial charge in [-0.15, -0.1) is 12.4 Å². The third-order valence-electron chi connectivity index (χ3n) is 1.65. The number of benzene rings is 1. The average Bonchev–Trinajstić information content (AvgIpc) is 2.07. The third-order valence-corrected chi connectivity index (χ3v) is 2.47. The fourth-order valence-corrected chi connectivity index (χ4v) is 1.65. The Kier molecular flexibility index (Phi) is 3.54. The first kappa shape index (κ1) is 10.8. The monoisotopic (exact) mass is 277 g/mol. The zero-order chi connectivity index (χ0) is 8.55. The number of nitrogens with zero attached hydrogens (tertiary/aromatic N) is 1. The van der Waals surface area contributed by atoms with E-state index in [1.165, 1.54) is 0 Å². The first-order chi connectivity index (χ1) is 5.77. The smallest absolute Gasteiger partial charge is 0.0717 e. The van der Waals surface area contributed by atoms with Crippen LogP contribution in [0.4, 0.5) is 0 Å². The van der Waals surface area contributed by atoms with Gasteiger partial charge in [-0.05, 0) is 24.3 Å². The van der Waals surface area contributed by atoms with Crippen LogP contribution in [0.2, 0.25) is 5.02 Å². The highest BCUT2D eigenvalue weighted by Crippen LogP contribution is 2.24. The van der Waals surface area contributed by atoms with Gasteiger partial charge in [0.25, 0.3) is 0 Å². The van der Waals surface area contributed by atoms with Gasteiger partial charge in [-0.3, -0.25) is 4.98 Å². The predicted molar refractivity (Wildman–Crippen MR) is 61.7 cm³/mol. The number of aromatic nitrogens is 1. The first-order valence-electron chi connectivity index (χ1n) is 3.47. The van der Waals surface area contributed by atoms with Gasteiger partial charge in [0.1, 0.15) is 0 Å². The summed E-state index contributed by atoms with van der Waals surface area (Å²) in [5.41, 5.74) is 0.922. The lowest BCUT2D eigenvalue weighted by Crippen LogP contribution is -1.78. The SMILES string of the molecule is Cl.Clc1ccnc2ccc(Br)cc12. The van der Waals surface area contributed by atoms with E-state index >= 15 is 0 Å². The Balaban J connectivity index is 0.000000845. The number of hydrogen-bond donors (Lipinski definition) is 0. The molecule has 2 aromatic rings. The zero-order valence-corrected chi connectivity index (χ0v) is 9.66. The second-order valence-corrected chi connectivity index (χ2v) is 3.78. The van der Waals surface area contributed by atoms with Crippen molar-refractivity contribution < 1.29 is 0 Å². The quantitative estimate of drug-likeness (QED) is 0.708. The zero-order valence-electron chi connectivity index (χ0n) is 6.50. The Bertz CT molecular complexity index is 431. The topological polar surface area (TPSA) is 12.9 Å². The van der Waals surface area contributed by atoms with Crippen LogP contribution in [-0.4, -0.2) is 4.98 Å². The first-order valence-corrected chi connectivity index (χ1v) is 4.64. The summed E-state index contributed by atoms with van der Waals surface area (Å²) in [6.07, 6.45) is 1.71. The average molecular weight is 279 g/mol. The molecule has 0 unspecified atom stereocenters.